The van der Waals surface area contributed by atoms with Gasteiger partial charge in [0, 0.05) is 23.0 Å². The number of nitrogens with zero attached hydrogens (tertiary/aromatic N) is 4. The van der Waals surface area contributed by atoms with E-state index in [0.717, 1.165) is 17.0 Å². The van der Waals surface area contributed by atoms with Crippen molar-refractivity contribution in [3.05, 3.63) is 54.8 Å². The van der Waals surface area contributed by atoms with Gasteiger partial charge in [0.2, 0.25) is 10.3 Å². The van der Waals surface area contributed by atoms with Gasteiger partial charge in [0.15, 0.2) is 0 Å². The van der Waals surface area contributed by atoms with Crippen molar-refractivity contribution in [2.24, 2.45) is 0 Å². The van der Waals surface area contributed by atoms with E-state index >= 15 is 0 Å². The van der Waals surface area contributed by atoms with Crippen molar-refractivity contribution in [3.63, 3.8) is 0 Å². The minimum Gasteiger partial charge on any atom is -0.494 e. The molecule has 3 heterocycles. The van der Waals surface area contributed by atoms with Crippen LogP contribution in [0.15, 0.2) is 24.5 Å². The summed E-state index contributed by atoms with van der Waals surface area (Å²) in [6, 6.07) is 3.41. The molecule has 3 rings (SSSR count). The zero-order valence-electron chi connectivity index (χ0n) is 17.0. The quantitative estimate of drug-likeness (QED) is 0.299. The summed E-state index contributed by atoms with van der Waals surface area (Å²) in [5, 5.41) is 11.0. The number of nitrogens with two attached hydrogens (primary N) is 1. The molecule has 3 aromatic rings. The molecule has 0 aromatic carbocycles. The Bertz CT molecular complexity index is 1000. The molecule has 0 aliphatic heterocycles. The number of ether oxygens (including phenoxy) is 2. The molecule has 1 amide bonds. The van der Waals surface area contributed by atoms with E-state index in [-0.39, 0.29) is 41.4 Å². The second-order valence-corrected chi connectivity index (χ2v) is 6.99. The maximum Gasteiger partial charge on any atom is 2.00 e. The zero-order valence-corrected chi connectivity index (χ0v) is 22.8. The van der Waals surface area contributed by atoms with E-state index in [9.17, 15) is 4.79 Å². The molecule has 3 N–H and O–H groups in total. The third kappa shape index (κ3) is 8.02. The van der Waals surface area contributed by atoms with Gasteiger partial charge in [-0.05, 0) is 19.1 Å². The molecule has 9 nitrogen and oxygen atoms in total. The number of pyridine rings is 2. The summed E-state index contributed by atoms with van der Waals surface area (Å²) in [7, 11) is 1.52. The fraction of sp³-hybridized carbons (Fsp3) is 0.211. The average Bonchev–Trinajstić information content (AvgIpc) is 3.13. The molecule has 0 radical (unpaired) electrons. The van der Waals surface area contributed by atoms with Gasteiger partial charge in [0.05, 0.1) is 18.9 Å². The minimum atomic E-state index is -0.395. The number of nitrogens with one attached hydrogen (secondary N) is 1. The van der Waals surface area contributed by atoms with Gasteiger partial charge >= 0.3 is 31.1 Å². The molecule has 0 spiro atoms. The first kappa shape index (κ1) is 27.3. The number of anilines is 2. The zero-order chi connectivity index (χ0) is 22.1. The van der Waals surface area contributed by atoms with Gasteiger partial charge in [-0.15, -0.1) is 10.2 Å². The number of amides is 1. The Labute approximate surface area is 213 Å². The number of carbonyl (C=O) groups excluding carboxylic acids is 1. The normalized spacial score (nSPS) is 9.84. The summed E-state index contributed by atoms with van der Waals surface area (Å²) in [4.78, 5) is 20.9. The summed E-state index contributed by atoms with van der Waals surface area (Å²) in [5.41, 5.74) is 7.85. The van der Waals surface area contributed by atoms with Crippen LogP contribution >= 0.6 is 22.9 Å². The van der Waals surface area contributed by atoms with Gasteiger partial charge in [-0.25, -0.2) is 4.98 Å². The Morgan fingerprint density at radius 1 is 1.19 bits per heavy atom. The molecule has 0 unspecified atom stereocenters. The van der Waals surface area contributed by atoms with E-state index in [1.54, 1.807) is 12.1 Å². The maximum absolute atomic E-state index is 12.7. The third-order valence-corrected chi connectivity index (χ3v) is 4.45. The molecule has 0 atom stereocenters. The fourth-order valence-corrected chi connectivity index (χ4v) is 2.97. The molecule has 162 valence electrons. The maximum atomic E-state index is 12.7. The van der Waals surface area contributed by atoms with Crippen LogP contribution in [-0.2, 0) is 4.74 Å². The number of hydrogen-bond donors (Lipinski definition) is 2. The van der Waals surface area contributed by atoms with Gasteiger partial charge in [0.25, 0.3) is 5.91 Å². The average molecular weight is 687 g/mol. The van der Waals surface area contributed by atoms with Crippen LogP contribution in [-0.4, -0.2) is 46.4 Å². The minimum absolute atomic E-state index is 0. The molecular formula is C19H21ClN6O3SU. The Hall–Kier alpha value is -1.77. The van der Waals surface area contributed by atoms with Crippen molar-refractivity contribution >= 4 is 39.1 Å². The second-order valence-electron chi connectivity index (χ2n) is 5.59. The topological polar surface area (TPSA) is 125 Å². The van der Waals surface area contributed by atoms with Crippen molar-refractivity contribution in [3.8, 4) is 16.9 Å². The molecule has 3 aromatic heterocycles. The Kier molecular flexibility index (Phi) is 12.0. The van der Waals surface area contributed by atoms with Crippen molar-refractivity contribution in [2.45, 2.75) is 6.92 Å². The van der Waals surface area contributed by atoms with Crippen LogP contribution in [0.4, 0.5) is 10.3 Å². The third-order valence-electron chi connectivity index (χ3n) is 3.58. The van der Waals surface area contributed by atoms with E-state index in [2.05, 4.69) is 44.1 Å². The van der Waals surface area contributed by atoms with Crippen LogP contribution in [0.25, 0.3) is 11.1 Å². The first-order valence-corrected chi connectivity index (χ1v) is 9.82. The standard InChI is InChI=1S/C15H13ClN6O2S.C4H8O.U/c1-7-3-8(9-4-12(16)19-6-11(9)24-2)10(5-18-7)13(23)20-15-22-21-14(17)25-15;1-3-5-4-2;/h3-6H,1-2H3,(H2,17,21)(H,20,22,23);1-4H2;/q;-2;+2. The molecule has 0 aliphatic carbocycles. The monoisotopic (exact) mass is 686 g/mol. The first-order valence-electron chi connectivity index (χ1n) is 8.62. The van der Waals surface area contributed by atoms with Gasteiger partial charge in [-0.1, -0.05) is 36.2 Å². The number of halogens is 1. The number of aromatic nitrogens is 4. The molecule has 0 aliphatic rings. The van der Waals surface area contributed by atoms with Crippen LogP contribution in [0.5, 0.6) is 5.75 Å². The molecule has 0 fully saturated rings. The summed E-state index contributed by atoms with van der Waals surface area (Å²) in [6.45, 7) is 9.71. The Balaban J connectivity index is 0.000000721. The number of rotatable bonds is 6. The van der Waals surface area contributed by atoms with Gasteiger partial charge in [-0.3, -0.25) is 15.1 Å². The molecule has 12 heteroatoms. The van der Waals surface area contributed by atoms with Crippen molar-refractivity contribution in [2.75, 3.05) is 31.4 Å². The van der Waals surface area contributed by atoms with E-state index in [4.69, 9.17) is 22.1 Å². The van der Waals surface area contributed by atoms with Crippen LogP contribution in [0, 0.1) is 51.9 Å². The molecule has 0 saturated carbocycles. The second kappa shape index (κ2) is 13.6. The van der Waals surface area contributed by atoms with E-state index in [0.29, 0.717) is 40.8 Å². The summed E-state index contributed by atoms with van der Waals surface area (Å²) in [6.07, 6.45) is 2.98. The Morgan fingerprint density at radius 2 is 1.90 bits per heavy atom. The number of methoxy groups -OCH3 is 1. The van der Waals surface area contributed by atoms with Crippen LogP contribution in [0.3, 0.4) is 0 Å². The number of nitrogen functional groups attached to an aromatic ring is 1. The molecule has 0 bridgehead atoms. The number of aryl methyl sites for hydroxylation is 1. The molecule has 0 saturated heterocycles. The number of carbonyl (C=O) groups is 1. The smallest absolute Gasteiger partial charge is 0.494 e. The van der Waals surface area contributed by atoms with Gasteiger partial charge in [0.1, 0.15) is 10.9 Å². The molecule has 31 heavy (non-hydrogen) atoms. The van der Waals surface area contributed by atoms with Crippen molar-refractivity contribution in [1.82, 2.24) is 20.2 Å². The van der Waals surface area contributed by atoms with Crippen molar-refractivity contribution < 1.29 is 45.4 Å². The Morgan fingerprint density at radius 3 is 2.45 bits per heavy atom. The van der Waals surface area contributed by atoms with E-state index < -0.39 is 5.91 Å². The first-order chi connectivity index (χ1) is 14.4. The predicted octanol–water partition coefficient (Wildman–Crippen LogP) is 3.47. The molecular weight excluding hydrogens is 666 g/mol. The predicted molar refractivity (Wildman–Crippen MR) is 118 cm³/mol. The number of hydrogen-bond acceptors (Lipinski definition) is 9. The van der Waals surface area contributed by atoms with Crippen molar-refractivity contribution in [1.29, 1.82) is 0 Å². The van der Waals surface area contributed by atoms with E-state index in [1.165, 1.54) is 19.5 Å². The SMILES string of the molecule is COc1cnc(Cl)cc1-c1cc(C)ncc1C(=O)Nc1nnc(N)s1.[CH2-]COC[CH2-].[U+2]. The van der Waals surface area contributed by atoms with Gasteiger partial charge in [-0.2, -0.15) is 0 Å². The fourth-order valence-electron chi connectivity index (χ4n) is 2.31. The largest absolute Gasteiger partial charge is 2.00 e. The van der Waals surface area contributed by atoms with Gasteiger partial charge < -0.3 is 29.1 Å². The summed E-state index contributed by atoms with van der Waals surface area (Å²) >= 11 is 7.09. The van der Waals surface area contributed by atoms with Crippen LogP contribution in [0.1, 0.15) is 16.1 Å². The van der Waals surface area contributed by atoms with Crippen LogP contribution < -0.4 is 15.8 Å². The summed E-state index contributed by atoms with van der Waals surface area (Å²) in [5.74, 6) is 0.0952. The van der Waals surface area contributed by atoms with Crippen LogP contribution in [0.2, 0.25) is 5.15 Å². The summed E-state index contributed by atoms with van der Waals surface area (Å²) < 4.78 is 9.95. The van der Waals surface area contributed by atoms with E-state index in [1.807, 2.05) is 6.92 Å².